The Morgan fingerprint density at radius 1 is 1.21 bits per heavy atom. The van der Waals surface area contributed by atoms with Gasteiger partial charge in [-0.25, -0.2) is 0 Å². The number of rotatable bonds is 4. The molecule has 2 aromatic carbocycles. The van der Waals surface area contributed by atoms with E-state index in [1.807, 2.05) is 58.0 Å². The molecule has 0 saturated carbocycles. The quantitative estimate of drug-likeness (QED) is 0.874. The number of ether oxygens (including phenoxy) is 1. The number of nitriles is 1. The zero-order valence-corrected chi connectivity index (χ0v) is 17.2. The van der Waals surface area contributed by atoms with E-state index in [2.05, 4.69) is 6.07 Å². The highest BCUT2D eigenvalue weighted by Crippen LogP contribution is 2.49. The third-order valence-corrected chi connectivity index (χ3v) is 6.34. The first-order valence-corrected chi connectivity index (χ1v) is 9.66. The molecule has 5 heteroatoms. The van der Waals surface area contributed by atoms with Gasteiger partial charge in [-0.2, -0.15) is 5.26 Å². The number of carbonyl (C=O) groups is 1. The first-order chi connectivity index (χ1) is 13.2. The molecule has 5 nitrogen and oxygen atoms in total. The van der Waals surface area contributed by atoms with E-state index < -0.39 is 11.2 Å². The van der Waals surface area contributed by atoms with Gasteiger partial charge in [0.05, 0.1) is 34.4 Å². The van der Waals surface area contributed by atoms with Gasteiger partial charge in [0.2, 0.25) is 5.91 Å². The number of amides is 1. The van der Waals surface area contributed by atoms with E-state index >= 15 is 0 Å². The second-order valence-electron chi connectivity index (χ2n) is 8.45. The molecular formula is C23H28N2O3. The summed E-state index contributed by atoms with van der Waals surface area (Å²) in [5, 5.41) is 20.7. The van der Waals surface area contributed by atoms with Crippen LogP contribution in [0, 0.1) is 23.2 Å². The highest BCUT2D eigenvalue weighted by Gasteiger charge is 2.57. The number of anilines is 1. The highest BCUT2D eigenvalue weighted by atomic mass is 16.5. The standard InChI is InChI=1S/C23H28N2O3/c1-15-20(23(4,12-13-26)28-22(15,2)3)21(27)25(5)19-11-10-16(14-24)17-8-6-7-9-18(17)19/h6-11,15,20,26H,12-13H2,1-5H3. The zero-order valence-electron chi connectivity index (χ0n) is 17.2. The SMILES string of the molecule is CC1C(C(=O)N(C)c2ccc(C#N)c3ccccc23)C(C)(CCO)OC1(C)C. The fourth-order valence-electron chi connectivity index (χ4n) is 4.59. The van der Waals surface area contributed by atoms with Gasteiger partial charge in [0.15, 0.2) is 0 Å². The van der Waals surface area contributed by atoms with Gasteiger partial charge in [0, 0.05) is 30.8 Å². The van der Waals surface area contributed by atoms with Crippen LogP contribution >= 0.6 is 0 Å². The van der Waals surface area contributed by atoms with Crippen molar-refractivity contribution in [1.82, 2.24) is 0 Å². The van der Waals surface area contributed by atoms with Crippen LogP contribution in [0.5, 0.6) is 0 Å². The molecule has 1 amide bonds. The van der Waals surface area contributed by atoms with Gasteiger partial charge in [0.1, 0.15) is 0 Å². The molecule has 3 atom stereocenters. The van der Waals surface area contributed by atoms with Gasteiger partial charge in [-0.3, -0.25) is 4.79 Å². The van der Waals surface area contributed by atoms with E-state index in [1.165, 1.54) is 0 Å². The Bertz CT molecular complexity index is 947. The Labute approximate surface area is 166 Å². The number of carbonyl (C=O) groups excluding carboxylic acids is 1. The van der Waals surface area contributed by atoms with Gasteiger partial charge in [-0.05, 0) is 38.8 Å². The van der Waals surface area contributed by atoms with Crippen LogP contribution in [0.25, 0.3) is 10.8 Å². The van der Waals surface area contributed by atoms with Crippen LogP contribution < -0.4 is 4.90 Å². The second kappa shape index (κ2) is 7.20. The van der Waals surface area contributed by atoms with E-state index in [0.717, 1.165) is 16.5 Å². The summed E-state index contributed by atoms with van der Waals surface area (Å²) in [6.07, 6.45) is 0.402. The molecule has 28 heavy (non-hydrogen) atoms. The van der Waals surface area contributed by atoms with Crippen LogP contribution in [0.4, 0.5) is 5.69 Å². The number of hydrogen-bond acceptors (Lipinski definition) is 4. The molecule has 148 valence electrons. The lowest BCUT2D eigenvalue weighted by Gasteiger charge is -2.33. The van der Waals surface area contributed by atoms with Gasteiger partial charge >= 0.3 is 0 Å². The molecule has 0 bridgehead atoms. The van der Waals surface area contributed by atoms with Gasteiger partial charge in [0.25, 0.3) is 0 Å². The van der Waals surface area contributed by atoms with Crippen molar-refractivity contribution in [3.05, 3.63) is 42.0 Å². The van der Waals surface area contributed by atoms with Crippen LogP contribution in [0.15, 0.2) is 36.4 Å². The molecule has 3 unspecified atom stereocenters. The average molecular weight is 380 g/mol. The van der Waals surface area contributed by atoms with Gasteiger partial charge in [-0.1, -0.05) is 31.2 Å². The molecule has 2 aromatic rings. The summed E-state index contributed by atoms with van der Waals surface area (Å²) in [7, 11) is 1.77. The lowest BCUT2D eigenvalue weighted by molar-refractivity contribution is -0.132. The predicted molar refractivity (Wildman–Crippen MR) is 110 cm³/mol. The van der Waals surface area contributed by atoms with E-state index in [0.29, 0.717) is 12.0 Å². The Morgan fingerprint density at radius 3 is 2.46 bits per heavy atom. The monoisotopic (exact) mass is 380 g/mol. The number of benzene rings is 2. The topological polar surface area (TPSA) is 73.6 Å². The maximum atomic E-state index is 13.6. The summed E-state index contributed by atoms with van der Waals surface area (Å²) in [5.74, 6) is -0.429. The first-order valence-electron chi connectivity index (χ1n) is 9.66. The average Bonchev–Trinajstić information content (AvgIpc) is 2.83. The number of aliphatic hydroxyl groups excluding tert-OH is 1. The van der Waals surface area contributed by atoms with Crippen molar-refractivity contribution in [3.8, 4) is 6.07 Å². The second-order valence-corrected chi connectivity index (χ2v) is 8.45. The first kappa shape index (κ1) is 20.3. The number of hydrogen-bond donors (Lipinski definition) is 1. The Balaban J connectivity index is 2.06. The third kappa shape index (κ3) is 3.17. The largest absolute Gasteiger partial charge is 0.396 e. The highest BCUT2D eigenvalue weighted by molar-refractivity contribution is 6.06. The summed E-state index contributed by atoms with van der Waals surface area (Å²) in [6, 6.07) is 13.4. The molecule has 1 aliphatic rings. The van der Waals surface area contributed by atoms with Crippen LogP contribution in [-0.2, 0) is 9.53 Å². The number of nitrogens with zero attached hydrogens (tertiary/aromatic N) is 2. The molecule has 0 aromatic heterocycles. The van der Waals surface area contributed by atoms with Crippen LogP contribution in [0.3, 0.4) is 0 Å². The zero-order chi connectivity index (χ0) is 20.7. The molecule has 1 fully saturated rings. The minimum Gasteiger partial charge on any atom is -0.396 e. The smallest absolute Gasteiger partial charge is 0.233 e. The summed E-state index contributed by atoms with van der Waals surface area (Å²) < 4.78 is 6.28. The normalized spacial score (nSPS) is 26.2. The van der Waals surface area contributed by atoms with E-state index in [9.17, 15) is 15.2 Å². The van der Waals surface area contributed by atoms with E-state index in [1.54, 1.807) is 18.0 Å². The number of fused-ring (bicyclic) bond motifs is 1. The lowest BCUT2D eigenvalue weighted by atomic mass is 9.75. The summed E-state index contributed by atoms with van der Waals surface area (Å²) in [5.41, 5.74) is 0.162. The van der Waals surface area contributed by atoms with Crippen molar-refractivity contribution < 1.29 is 14.6 Å². The van der Waals surface area contributed by atoms with Crippen LogP contribution in [-0.4, -0.2) is 35.9 Å². The van der Waals surface area contributed by atoms with Crippen molar-refractivity contribution in [2.45, 2.75) is 45.3 Å². The Hall–Kier alpha value is -2.42. The lowest BCUT2D eigenvalue weighted by Crippen LogP contribution is -2.46. The summed E-state index contributed by atoms with van der Waals surface area (Å²) in [6.45, 7) is 7.92. The van der Waals surface area contributed by atoms with E-state index in [-0.39, 0.29) is 24.3 Å². The van der Waals surface area contributed by atoms with Crippen LogP contribution in [0.2, 0.25) is 0 Å². The molecule has 0 radical (unpaired) electrons. The number of aliphatic hydroxyl groups is 1. The molecule has 0 spiro atoms. The molecule has 1 saturated heterocycles. The van der Waals surface area contributed by atoms with Gasteiger partial charge < -0.3 is 14.7 Å². The van der Waals surface area contributed by atoms with Crippen molar-refractivity contribution >= 4 is 22.4 Å². The fraction of sp³-hybridized carbons (Fsp3) is 0.478. The third-order valence-electron chi connectivity index (χ3n) is 6.34. The predicted octanol–water partition coefficient (Wildman–Crippen LogP) is 3.88. The van der Waals surface area contributed by atoms with Gasteiger partial charge in [-0.15, -0.1) is 0 Å². The minimum atomic E-state index is -0.731. The molecule has 1 aliphatic heterocycles. The summed E-state index contributed by atoms with van der Waals surface area (Å²) >= 11 is 0. The van der Waals surface area contributed by atoms with Crippen molar-refractivity contribution in [2.75, 3.05) is 18.6 Å². The molecule has 0 aliphatic carbocycles. The molecular weight excluding hydrogens is 352 g/mol. The maximum Gasteiger partial charge on any atom is 0.233 e. The molecule has 3 rings (SSSR count). The van der Waals surface area contributed by atoms with E-state index in [4.69, 9.17) is 4.74 Å². The van der Waals surface area contributed by atoms with Crippen molar-refractivity contribution in [2.24, 2.45) is 11.8 Å². The van der Waals surface area contributed by atoms with Crippen LogP contribution in [0.1, 0.15) is 39.7 Å². The minimum absolute atomic E-state index is 0.0105. The Kier molecular flexibility index (Phi) is 5.22. The molecule has 1 N–H and O–H groups in total. The van der Waals surface area contributed by atoms with Crippen molar-refractivity contribution in [3.63, 3.8) is 0 Å². The Morgan fingerprint density at radius 2 is 1.86 bits per heavy atom. The van der Waals surface area contributed by atoms with Crippen molar-refractivity contribution in [1.29, 1.82) is 5.26 Å². The summed E-state index contributed by atoms with van der Waals surface area (Å²) in [4.78, 5) is 15.3. The molecule has 1 heterocycles. The fourth-order valence-corrected chi connectivity index (χ4v) is 4.59. The maximum absolute atomic E-state index is 13.6.